The lowest BCUT2D eigenvalue weighted by molar-refractivity contribution is -0.384. The van der Waals surface area contributed by atoms with Gasteiger partial charge in [-0.1, -0.05) is 55.8 Å². The van der Waals surface area contributed by atoms with E-state index in [0.717, 1.165) is 24.0 Å². The largest absolute Gasteiger partial charge is 0.354 e. The number of amides is 2. The Morgan fingerprint density at radius 2 is 1.77 bits per heavy atom. The number of carbonyl (C=O) groups excluding carboxylic acids is 2. The van der Waals surface area contributed by atoms with Crippen LogP contribution >= 0.6 is 11.8 Å². The van der Waals surface area contributed by atoms with Gasteiger partial charge in [0.15, 0.2) is 0 Å². The van der Waals surface area contributed by atoms with Crippen LogP contribution in [0.2, 0.25) is 0 Å². The van der Waals surface area contributed by atoms with Gasteiger partial charge in [-0.25, -0.2) is 0 Å². The van der Waals surface area contributed by atoms with E-state index in [-0.39, 0.29) is 23.3 Å². The smallest absolute Gasteiger partial charge is 0.269 e. The number of hydrogen-bond donors (Lipinski definition) is 1. The quantitative estimate of drug-likeness (QED) is 0.302. The Balaban J connectivity index is 1.99. The van der Waals surface area contributed by atoms with Crippen LogP contribution in [0.1, 0.15) is 37.8 Å². The second-order valence-corrected chi connectivity index (χ2v) is 8.23. The van der Waals surface area contributed by atoms with Crippen molar-refractivity contribution in [3.8, 4) is 0 Å². The lowest BCUT2D eigenvalue weighted by Crippen LogP contribution is -2.48. The van der Waals surface area contributed by atoms with Crippen molar-refractivity contribution < 1.29 is 14.5 Å². The molecule has 0 radical (unpaired) electrons. The normalized spacial score (nSPS) is 11.5. The number of benzene rings is 2. The number of nitrogens with one attached hydrogen (secondary N) is 1. The summed E-state index contributed by atoms with van der Waals surface area (Å²) in [6, 6.07) is 15.3. The first kappa shape index (κ1) is 24.4. The van der Waals surface area contributed by atoms with E-state index in [1.165, 1.54) is 23.9 Å². The number of rotatable bonds is 12. The Bertz CT molecular complexity index is 859. The summed E-state index contributed by atoms with van der Waals surface area (Å²) in [6.07, 6.45) is 1.89. The third kappa shape index (κ3) is 8.05. The molecular formula is C23H29N3O4S. The predicted octanol–water partition coefficient (Wildman–Crippen LogP) is 4.16. The maximum Gasteiger partial charge on any atom is 0.269 e. The van der Waals surface area contributed by atoms with E-state index in [0.29, 0.717) is 18.8 Å². The highest BCUT2D eigenvalue weighted by Gasteiger charge is 2.25. The molecule has 1 atom stereocenters. The monoisotopic (exact) mass is 443 g/mol. The van der Waals surface area contributed by atoms with Gasteiger partial charge in [-0.2, -0.15) is 0 Å². The molecule has 2 amide bonds. The van der Waals surface area contributed by atoms with E-state index in [4.69, 9.17) is 0 Å². The van der Waals surface area contributed by atoms with Crippen molar-refractivity contribution in [2.75, 3.05) is 12.3 Å². The van der Waals surface area contributed by atoms with Gasteiger partial charge in [-0.15, -0.1) is 11.8 Å². The number of hydrogen-bond acceptors (Lipinski definition) is 5. The van der Waals surface area contributed by atoms with Crippen LogP contribution in [-0.4, -0.2) is 40.0 Å². The molecule has 0 bridgehead atoms. The molecule has 0 unspecified atom stereocenters. The molecule has 0 aliphatic heterocycles. The van der Waals surface area contributed by atoms with Crippen molar-refractivity contribution in [3.05, 3.63) is 75.8 Å². The molecule has 0 spiro atoms. The van der Waals surface area contributed by atoms with Crippen LogP contribution in [0.25, 0.3) is 0 Å². The standard InChI is InChI=1S/C23H29N3O4S/c1-3-4-14-24-23(28)18(2)25(15-19-8-6-5-7-9-19)22(27)17-31-16-20-10-12-21(13-11-20)26(29)30/h5-13,18H,3-4,14-17H2,1-2H3,(H,24,28)/t18-/m1/s1. The zero-order valence-electron chi connectivity index (χ0n) is 18.0. The highest BCUT2D eigenvalue weighted by Crippen LogP contribution is 2.18. The molecule has 166 valence electrons. The summed E-state index contributed by atoms with van der Waals surface area (Å²) in [5, 5.41) is 13.7. The van der Waals surface area contributed by atoms with Crippen molar-refractivity contribution in [1.82, 2.24) is 10.2 Å². The van der Waals surface area contributed by atoms with E-state index in [2.05, 4.69) is 12.2 Å². The van der Waals surface area contributed by atoms with Crippen LogP contribution in [0.4, 0.5) is 5.69 Å². The Morgan fingerprint density at radius 1 is 1.10 bits per heavy atom. The number of nitrogens with zero attached hydrogens (tertiary/aromatic N) is 2. The lowest BCUT2D eigenvalue weighted by Gasteiger charge is -2.28. The minimum atomic E-state index is -0.579. The first-order valence-corrected chi connectivity index (χ1v) is 11.5. The molecule has 1 N–H and O–H groups in total. The second-order valence-electron chi connectivity index (χ2n) is 7.24. The van der Waals surface area contributed by atoms with Crippen LogP contribution in [0.15, 0.2) is 54.6 Å². The first-order chi connectivity index (χ1) is 14.9. The summed E-state index contributed by atoms with van der Waals surface area (Å²) in [7, 11) is 0. The highest BCUT2D eigenvalue weighted by atomic mass is 32.2. The Morgan fingerprint density at radius 3 is 2.39 bits per heavy atom. The fourth-order valence-corrected chi connectivity index (χ4v) is 3.82. The van der Waals surface area contributed by atoms with Crippen molar-refractivity contribution in [2.24, 2.45) is 0 Å². The summed E-state index contributed by atoms with van der Waals surface area (Å²) in [5.74, 6) is 0.503. The number of thioether (sulfide) groups is 1. The van der Waals surface area contributed by atoms with E-state index in [1.807, 2.05) is 30.3 Å². The molecule has 0 aliphatic rings. The molecule has 2 aromatic rings. The minimum absolute atomic E-state index is 0.0433. The zero-order chi connectivity index (χ0) is 22.6. The fourth-order valence-electron chi connectivity index (χ4n) is 2.95. The van der Waals surface area contributed by atoms with Crippen LogP contribution in [0.5, 0.6) is 0 Å². The van der Waals surface area contributed by atoms with Gasteiger partial charge in [-0.3, -0.25) is 19.7 Å². The Hall–Kier alpha value is -2.87. The molecule has 2 aromatic carbocycles. The van der Waals surface area contributed by atoms with Gasteiger partial charge in [0.25, 0.3) is 5.69 Å². The molecule has 0 fully saturated rings. The van der Waals surface area contributed by atoms with Crippen LogP contribution in [0, 0.1) is 10.1 Å². The summed E-state index contributed by atoms with van der Waals surface area (Å²) < 4.78 is 0. The maximum absolute atomic E-state index is 13.0. The minimum Gasteiger partial charge on any atom is -0.354 e. The third-order valence-corrected chi connectivity index (χ3v) is 5.82. The van der Waals surface area contributed by atoms with E-state index in [1.54, 1.807) is 24.0 Å². The molecule has 31 heavy (non-hydrogen) atoms. The lowest BCUT2D eigenvalue weighted by atomic mass is 10.1. The SMILES string of the molecule is CCCCNC(=O)[C@@H](C)N(Cc1ccccc1)C(=O)CSCc1ccc([N+](=O)[O-])cc1. The topological polar surface area (TPSA) is 92.6 Å². The number of nitro groups is 1. The number of unbranched alkanes of at least 4 members (excludes halogenated alkanes) is 1. The van der Waals surface area contributed by atoms with Crippen LogP contribution in [0.3, 0.4) is 0 Å². The van der Waals surface area contributed by atoms with Crippen molar-refractivity contribution in [1.29, 1.82) is 0 Å². The molecule has 0 aromatic heterocycles. The average molecular weight is 444 g/mol. The highest BCUT2D eigenvalue weighted by molar-refractivity contribution is 7.99. The Kier molecular flexibility index (Phi) is 10.0. The number of nitro benzene ring substituents is 1. The van der Waals surface area contributed by atoms with Gasteiger partial charge in [0, 0.05) is 31.0 Å². The predicted molar refractivity (Wildman–Crippen MR) is 124 cm³/mol. The van der Waals surface area contributed by atoms with Crippen molar-refractivity contribution in [3.63, 3.8) is 0 Å². The van der Waals surface area contributed by atoms with Crippen molar-refractivity contribution in [2.45, 2.75) is 45.0 Å². The molecule has 7 nitrogen and oxygen atoms in total. The number of carbonyl (C=O) groups is 2. The summed E-state index contributed by atoms with van der Waals surface area (Å²) in [4.78, 5) is 37.5. The molecular weight excluding hydrogens is 414 g/mol. The van der Waals surface area contributed by atoms with Crippen LogP contribution < -0.4 is 5.32 Å². The maximum atomic E-state index is 13.0. The van der Waals surface area contributed by atoms with E-state index >= 15 is 0 Å². The third-order valence-electron chi connectivity index (χ3n) is 4.83. The van der Waals surface area contributed by atoms with Gasteiger partial charge >= 0.3 is 0 Å². The van der Waals surface area contributed by atoms with Gasteiger partial charge in [0.2, 0.25) is 11.8 Å². The van der Waals surface area contributed by atoms with Gasteiger partial charge in [-0.05, 0) is 24.5 Å². The second kappa shape index (κ2) is 12.7. The summed E-state index contributed by atoms with van der Waals surface area (Å²) >= 11 is 1.43. The summed E-state index contributed by atoms with van der Waals surface area (Å²) in [5.41, 5.74) is 1.91. The van der Waals surface area contributed by atoms with Gasteiger partial charge in [0.1, 0.15) is 6.04 Å². The molecule has 2 rings (SSSR count). The molecule has 8 heteroatoms. The van der Waals surface area contributed by atoms with E-state index < -0.39 is 11.0 Å². The summed E-state index contributed by atoms with van der Waals surface area (Å²) in [6.45, 7) is 4.77. The zero-order valence-corrected chi connectivity index (χ0v) is 18.8. The van der Waals surface area contributed by atoms with E-state index in [9.17, 15) is 19.7 Å². The van der Waals surface area contributed by atoms with Gasteiger partial charge < -0.3 is 10.2 Å². The van der Waals surface area contributed by atoms with Crippen molar-refractivity contribution >= 4 is 29.3 Å². The average Bonchev–Trinajstić information content (AvgIpc) is 2.78. The Labute approximate surface area is 187 Å². The molecule has 0 saturated carbocycles. The molecule has 0 saturated heterocycles. The van der Waals surface area contributed by atoms with Crippen LogP contribution in [-0.2, 0) is 21.9 Å². The molecule has 0 heterocycles. The van der Waals surface area contributed by atoms with Gasteiger partial charge in [0.05, 0.1) is 10.7 Å². The molecule has 0 aliphatic carbocycles. The fraction of sp³-hybridized carbons (Fsp3) is 0.391. The first-order valence-electron chi connectivity index (χ1n) is 10.3. The number of non-ortho nitro benzene ring substituents is 1.